The van der Waals surface area contributed by atoms with Gasteiger partial charge >= 0.3 is 5.97 Å². The second kappa shape index (κ2) is 22.8. The van der Waals surface area contributed by atoms with Crippen molar-refractivity contribution in [2.24, 2.45) is 9.98 Å². The largest absolute Gasteiger partial charge is 0.466 e. The van der Waals surface area contributed by atoms with Gasteiger partial charge in [0.1, 0.15) is 17.1 Å². The van der Waals surface area contributed by atoms with Crippen LogP contribution in [0.2, 0.25) is 0 Å². The highest BCUT2D eigenvalue weighted by Crippen LogP contribution is 2.18. The number of carbonyl (C=O) groups is 2. The zero-order chi connectivity index (χ0) is 29.5. The van der Waals surface area contributed by atoms with Crippen LogP contribution in [0.4, 0.5) is 4.39 Å². The lowest BCUT2D eigenvalue weighted by molar-refractivity contribution is -0.136. The van der Waals surface area contributed by atoms with Crippen molar-refractivity contribution in [3.8, 4) is 0 Å². The van der Waals surface area contributed by atoms with Crippen LogP contribution < -0.4 is 5.32 Å². The number of halogens is 1. The Labute approximate surface area is 235 Å². The molecular weight excluding hydrogens is 523 g/mol. The van der Waals surface area contributed by atoms with Gasteiger partial charge in [-0.1, -0.05) is 24.8 Å². The van der Waals surface area contributed by atoms with Gasteiger partial charge in [0.2, 0.25) is 0 Å². The molecule has 4 rings (SSSR count). The average Bonchev–Trinajstić information content (AvgIpc) is 3.50. The minimum Gasteiger partial charge on any atom is -0.466 e. The number of carbonyl (C=O) groups excluding carboxylic acids is 2. The van der Waals surface area contributed by atoms with Gasteiger partial charge in [-0.05, 0) is 37.6 Å². The number of rotatable bonds is 5. The van der Waals surface area contributed by atoms with Crippen molar-refractivity contribution in [1.29, 1.82) is 0 Å². The molecule has 1 aromatic rings. The fourth-order valence-corrected chi connectivity index (χ4v) is 3.96. The standard InChI is InChI=1S/C14H20N4O3S.C7H7F.C3H4O.C3H6.CH4O/c1-20-14(19)10-8-16-12(13-15-2-7-22-13)17-11(10)9-18-3-5-21-6-4-18;1-6-3-2-4-7(8)5-6;1-2-3-4;1-3-2;1-2/h2-9H2,1H3,(H,16,17);2-5H,1H3;2-3H,1H2;3H,1H2,2H3;2H,1H3. The Kier molecular flexibility index (Phi) is 21.0. The van der Waals surface area contributed by atoms with Crippen molar-refractivity contribution >= 4 is 34.9 Å². The summed E-state index contributed by atoms with van der Waals surface area (Å²) in [6, 6.07) is 6.50. The van der Waals surface area contributed by atoms with Crippen LogP contribution in [-0.4, -0.2) is 99.1 Å². The zero-order valence-electron chi connectivity index (χ0n) is 23.3. The van der Waals surface area contributed by atoms with Gasteiger partial charge in [0.05, 0.1) is 32.4 Å². The molecule has 0 amide bonds. The molecule has 1 fully saturated rings. The Morgan fingerprint density at radius 1 is 1.28 bits per heavy atom. The Balaban J connectivity index is 0.000000698. The van der Waals surface area contributed by atoms with Gasteiger partial charge in [-0.2, -0.15) is 0 Å². The van der Waals surface area contributed by atoms with E-state index >= 15 is 0 Å². The summed E-state index contributed by atoms with van der Waals surface area (Å²) < 4.78 is 22.4. The number of esters is 1. The summed E-state index contributed by atoms with van der Waals surface area (Å²) in [6.45, 7) is 15.2. The Morgan fingerprint density at radius 3 is 2.38 bits per heavy atom. The third-order valence-corrected chi connectivity index (χ3v) is 5.79. The SMILES string of the molecule is C=CC.C=CC=O.CO.COC(=O)C1=C(CN2CCOCC2)NC(C2=NCCS2)=NC1.Cc1cccc(F)c1. The number of benzene rings is 1. The summed E-state index contributed by atoms with van der Waals surface area (Å²) in [7, 11) is 2.40. The molecule has 39 heavy (non-hydrogen) atoms. The van der Waals surface area contributed by atoms with Gasteiger partial charge < -0.3 is 19.9 Å². The third-order valence-electron chi connectivity index (χ3n) is 4.81. The van der Waals surface area contributed by atoms with Crippen LogP contribution in [0.1, 0.15) is 12.5 Å². The van der Waals surface area contributed by atoms with Crippen molar-refractivity contribution in [3.05, 3.63) is 72.2 Å². The molecule has 0 aromatic heterocycles. The topological polar surface area (TPSA) is 113 Å². The van der Waals surface area contributed by atoms with E-state index in [4.69, 9.17) is 19.4 Å². The van der Waals surface area contributed by atoms with E-state index in [0.717, 1.165) is 67.9 Å². The summed E-state index contributed by atoms with van der Waals surface area (Å²) in [6.07, 6.45) is 3.58. The lowest BCUT2D eigenvalue weighted by Gasteiger charge is -2.30. The van der Waals surface area contributed by atoms with Crippen LogP contribution in [0.3, 0.4) is 0 Å². The fourth-order valence-electron chi connectivity index (χ4n) is 3.15. The number of nitrogens with zero attached hydrogens (tertiary/aromatic N) is 3. The van der Waals surface area contributed by atoms with Crippen molar-refractivity contribution < 1.29 is 28.6 Å². The van der Waals surface area contributed by atoms with E-state index in [1.807, 2.05) is 19.9 Å². The predicted molar refractivity (Wildman–Crippen MR) is 158 cm³/mol. The van der Waals surface area contributed by atoms with Crippen LogP contribution in [0.5, 0.6) is 0 Å². The minimum atomic E-state index is -0.320. The number of aryl methyl sites for hydroxylation is 1. The van der Waals surface area contributed by atoms with Gasteiger partial charge in [0.25, 0.3) is 0 Å². The molecule has 0 spiro atoms. The number of aldehydes is 1. The first-order chi connectivity index (χ1) is 18.9. The second-order valence-corrected chi connectivity index (χ2v) is 8.83. The third kappa shape index (κ3) is 15.2. The number of aliphatic imine (C=N–C) groups is 2. The lowest BCUT2D eigenvalue weighted by Crippen LogP contribution is -2.43. The van der Waals surface area contributed by atoms with E-state index in [2.05, 4.69) is 33.4 Å². The molecule has 0 saturated carbocycles. The monoisotopic (exact) mass is 564 g/mol. The van der Waals surface area contributed by atoms with Crippen LogP contribution in [-0.2, 0) is 19.1 Å². The minimum absolute atomic E-state index is 0.162. The molecule has 0 atom stereocenters. The number of methoxy groups -OCH3 is 1. The number of nitrogens with one attached hydrogen (secondary N) is 1. The number of hydrogen-bond donors (Lipinski definition) is 2. The molecule has 0 radical (unpaired) electrons. The summed E-state index contributed by atoms with van der Waals surface area (Å²) in [5.41, 5.74) is 2.43. The molecule has 0 unspecified atom stereocenters. The van der Waals surface area contributed by atoms with Gasteiger partial charge in [-0.25, -0.2) is 9.18 Å². The molecule has 1 saturated heterocycles. The van der Waals surface area contributed by atoms with Crippen LogP contribution in [0.15, 0.2) is 70.8 Å². The zero-order valence-corrected chi connectivity index (χ0v) is 24.1. The molecule has 0 bridgehead atoms. The maximum Gasteiger partial charge on any atom is 0.337 e. The molecule has 3 aliphatic rings. The first-order valence-electron chi connectivity index (χ1n) is 12.3. The number of hydrogen-bond acceptors (Lipinski definition) is 10. The lowest BCUT2D eigenvalue weighted by atomic mass is 10.1. The molecule has 2 N–H and O–H groups in total. The highest BCUT2D eigenvalue weighted by Gasteiger charge is 2.26. The molecule has 3 heterocycles. The molecule has 216 valence electrons. The number of aliphatic hydroxyl groups excluding tert-OH is 1. The Hall–Kier alpha value is -3.12. The molecular formula is C28H41FN4O5S. The quantitative estimate of drug-likeness (QED) is 0.243. The van der Waals surface area contributed by atoms with Crippen molar-refractivity contribution in [3.63, 3.8) is 0 Å². The highest BCUT2D eigenvalue weighted by molar-refractivity contribution is 8.16. The molecule has 3 aliphatic heterocycles. The fraction of sp³-hybridized carbons (Fsp3) is 0.429. The second-order valence-electron chi connectivity index (χ2n) is 7.74. The van der Waals surface area contributed by atoms with Gasteiger partial charge in [0.15, 0.2) is 5.84 Å². The molecule has 11 heteroatoms. The Morgan fingerprint density at radius 2 is 1.92 bits per heavy atom. The van der Waals surface area contributed by atoms with Crippen LogP contribution in [0.25, 0.3) is 0 Å². The summed E-state index contributed by atoms with van der Waals surface area (Å²) >= 11 is 1.70. The van der Waals surface area contributed by atoms with E-state index < -0.39 is 0 Å². The number of allylic oxidation sites excluding steroid dienone is 2. The van der Waals surface area contributed by atoms with E-state index in [9.17, 15) is 9.18 Å². The molecule has 0 aliphatic carbocycles. The van der Waals surface area contributed by atoms with E-state index in [1.165, 1.54) is 25.3 Å². The van der Waals surface area contributed by atoms with E-state index in [0.29, 0.717) is 24.9 Å². The van der Waals surface area contributed by atoms with Crippen molar-refractivity contribution in [2.75, 3.05) is 65.9 Å². The maximum absolute atomic E-state index is 12.2. The first-order valence-corrected chi connectivity index (χ1v) is 13.3. The smallest absolute Gasteiger partial charge is 0.337 e. The maximum atomic E-state index is 12.2. The number of thioether (sulfide) groups is 1. The summed E-state index contributed by atoms with van der Waals surface area (Å²) in [5, 5.41) is 11.2. The van der Waals surface area contributed by atoms with Crippen LogP contribution >= 0.6 is 11.8 Å². The van der Waals surface area contributed by atoms with Gasteiger partial charge in [0, 0.05) is 44.7 Å². The number of ether oxygens (including phenoxy) is 2. The Bertz CT molecular complexity index is 969. The molecule has 1 aromatic carbocycles. The van der Waals surface area contributed by atoms with Gasteiger partial charge in [-0.3, -0.25) is 19.7 Å². The van der Waals surface area contributed by atoms with E-state index in [1.54, 1.807) is 23.9 Å². The molecule has 9 nitrogen and oxygen atoms in total. The highest BCUT2D eigenvalue weighted by atomic mass is 32.2. The van der Waals surface area contributed by atoms with Gasteiger partial charge in [-0.15, -0.1) is 18.3 Å². The first kappa shape index (κ1) is 35.9. The van der Waals surface area contributed by atoms with E-state index in [-0.39, 0.29) is 11.8 Å². The van der Waals surface area contributed by atoms with Crippen molar-refractivity contribution in [2.45, 2.75) is 13.8 Å². The summed E-state index contributed by atoms with van der Waals surface area (Å²) in [5.74, 6) is 1.28. The van der Waals surface area contributed by atoms with Crippen molar-refractivity contribution in [1.82, 2.24) is 10.2 Å². The van der Waals surface area contributed by atoms with Crippen LogP contribution in [0, 0.1) is 12.7 Å². The number of aliphatic hydroxyl groups is 1. The predicted octanol–water partition coefficient (Wildman–Crippen LogP) is 3.20. The normalized spacial score (nSPS) is 15.8. The summed E-state index contributed by atoms with van der Waals surface area (Å²) in [4.78, 5) is 32.2. The average molecular weight is 565 g/mol. The number of morpholine rings is 1. The number of amidine groups is 1.